The van der Waals surface area contributed by atoms with Crippen molar-refractivity contribution in [1.82, 2.24) is 5.32 Å². The van der Waals surface area contributed by atoms with E-state index in [0.29, 0.717) is 35.6 Å². The molecule has 0 aromatic heterocycles. The van der Waals surface area contributed by atoms with E-state index in [1.165, 1.54) is 6.07 Å². The van der Waals surface area contributed by atoms with Gasteiger partial charge in [-0.1, -0.05) is 12.6 Å². The fourth-order valence-electron chi connectivity index (χ4n) is 1.74. The van der Waals surface area contributed by atoms with E-state index in [0.717, 1.165) is 0 Å². The number of halogens is 1. The zero-order valence-electron chi connectivity index (χ0n) is 11.4. The molecular weight excluding hydrogens is 243 g/mol. The molecule has 0 spiro atoms. The summed E-state index contributed by atoms with van der Waals surface area (Å²) in [5, 5.41) is 2.75. The van der Waals surface area contributed by atoms with E-state index in [9.17, 15) is 4.39 Å². The summed E-state index contributed by atoms with van der Waals surface area (Å²) in [4.78, 5) is 3.88. The molecule has 0 saturated heterocycles. The second-order valence-corrected chi connectivity index (χ2v) is 3.99. The van der Waals surface area contributed by atoms with Gasteiger partial charge in [0.05, 0.1) is 5.70 Å². The molecule has 0 unspecified atom stereocenters. The van der Waals surface area contributed by atoms with E-state index in [-0.39, 0.29) is 5.82 Å². The first-order valence-electron chi connectivity index (χ1n) is 6.04. The van der Waals surface area contributed by atoms with Gasteiger partial charge >= 0.3 is 0 Å². The van der Waals surface area contributed by atoms with Crippen LogP contribution in [0.15, 0.2) is 47.3 Å². The Morgan fingerprint density at radius 2 is 2.05 bits per heavy atom. The second-order valence-electron chi connectivity index (χ2n) is 3.99. The highest BCUT2D eigenvalue weighted by Crippen LogP contribution is 2.31. The fraction of sp³-hybridized carbons (Fsp3) is 0.267. The molecule has 0 saturated carbocycles. The van der Waals surface area contributed by atoms with E-state index in [1.54, 1.807) is 18.2 Å². The van der Waals surface area contributed by atoms with Crippen LogP contribution >= 0.6 is 0 Å². The maximum Gasteiger partial charge on any atom is 0.148 e. The van der Waals surface area contributed by atoms with E-state index in [4.69, 9.17) is 4.74 Å². The van der Waals surface area contributed by atoms with Crippen LogP contribution in [0.5, 0.6) is 5.75 Å². The average Bonchev–Trinajstić information content (AvgIpc) is 2.59. The van der Waals surface area contributed by atoms with Crippen LogP contribution in [-0.4, -0.2) is 20.8 Å². The number of rotatable bonds is 2. The molecule has 1 N–H and O–H groups in total. The Morgan fingerprint density at radius 3 is 2.63 bits per heavy atom. The van der Waals surface area contributed by atoms with Gasteiger partial charge in [-0.05, 0) is 51.9 Å². The zero-order chi connectivity index (χ0) is 14.3. The van der Waals surface area contributed by atoms with Crippen molar-refractivity contribution in [2.75, 3.05) is 14.1 Å². The van der Waals surface area contributed by atoms with Crippen molar-refractivity contribution in [3.8, 4) is 5.75 Å². The van der Waals surface area contributed by atoms with Crippen LogP contribution in [0.1, 0.15) is 12.0 Å². The molecule has 0 fully saturated rings. The number of allylic oxidation sites excluding steroid dienone is 2. The summed E-state index contributed by atoms with van der Waals surface area (Å²) in [6.45, 7) is 7.14. The minimum Gasteiger partial charge on any atom is -0.455 e. The number of benzene rings is 1. The molecule has 4 heteroatoms. The fourth-order valence-corrected chi connectivity index (χ4v) is 1.74. The summed E-state index contributed by atoms with van der Waals surface area (Å²) in [7, 11) is 3.75. The van der Waals surface area contributed by atoms with Gasteiger partial charge < -0.3 is 10.1 Å². The lowest BCUT2D eigenvalue weighted by molar-refractivity contribution is 0.433. The topological polar surface area (TPSA) is 33.6 Å². The Bertz CT molecular complexity index is 495. The lowest BCUT2D eigenvalue weighted by Gasteiger charge is -2.08. The highest BCUT2D eigenvalue weighted by molar-refractivity contribution is 5.41. The van der Waals surface area contributed by atoms with E-state index in [2.05, 4.69) is 23.6 Å². The lowest BCUT2D eigenvalue weighted by atomic mass is 10.1. The third-order valence-corrected chi connectivity index (χ3v) is 2.57. The molecule has 1 heterocycles. The van der Waals surface area contributed by atoms with Gasteiger partial charge in [0.2, 0.25) is 0 Å². The molecule has 0 amide bonds. The quantitative estimate of drug-likeness (QED) is 0.831. The minimum atomic E-state index is -0.244. The lowest BCUT2D eigenvalue weighted by Crippen LogP contribution is -1.95. The highest BCUT2D eigenvalue weighted by atomic mass is 19.1. The van der Waals surface area contributed by atoms with Crippen molar-refractivity contribution >= 4 is 6.72 Å². The summed E-state index contributed by atoms with van der Waals surface area (Å²) in [6.07, 6.45) is 2.75. The van der Waals surface area contributed by atoms with Crippen molar-refractivity contribution in [2.45, 2.75) is 12.8 Å². The Kier molecular flexibility index (Phi) is 5.96. The van der Waals surface area contributed by atoms with E-state index in [1.807, 2.05) is 14.1 Å². The number of nitrogens with zero attached hydrogens (tertiary/aromatic N) is 1. The first-order chi connectivity index (χ1) is 9.17. The van der Waals surface area contributed by atoms with Crippen LogP contribution in [-0.2, 0) is 6.42 Å². The Balaban J connectivity index is 0.000000550. The molecule has 102 valence electrons. The summed E-state index contributed by atoms with van der Waals surface area (Å²) in [5.74, 6) is 0.846. The molecule has 1 aromatic carbocycles. The van der Waals surface area contributed by atoms with Gasteiger partial charge in [0.1, 0.15) is 17.3 Å². The largest absolute Gasteiger partial charge is 0.455 e. The number of hydrogen-bond donors (Lipinski definition) is 1. The third-order valence-electron chi connectivity index (χ3n) is 2.57. The highest BCUT2D eigenvalue weighted by Gasteiger charge is 2.17. The molecule has 19 heavy (non-hydrogen) atoms. The Labute approximate surface area is 113 Å². The molecule has 1 aliphatic rings. The number of aliphatic imine (C=N–C) groups is 1. The van der Waals surface area contributed by atoms with Crippen molar-refractivity contribution in [2.24, 2.45) is 4.99 Å². The summed E-state index contributed by atoms with van der Waals surface area (Å²) in [6, 6.07) is 4.80. The normalized spacial score (nSPS) is 13.4. The number of nitrogens with one attached hydrogen (secondary N) is 1. The zero-order valence-corrected chi connectivity index (χ0v) is 11.4. The van der Waals surface area contributed by atoms with Crippen LogP contribution in [0.2, 0.25) is 0 Å². The average molecular weight is 262 g/mol. The van der Waals surface area contributed by atoms with Crippen LogP contribution < -0.4 is 10.1 Å². The van der Waals surface area contributed by atoms with Crippen LogP contribution in [0, 0.1) is 5.82 Å². The van der Waals surface area contributed by atoms with Gasteiger partial charge in [-0.2, -0.15) is 0 Å². The Morgan fingerprint density at radius 1 is 1.37 bits per heavy atom. The third kappa shape index (κ3) is 3.76. The van der Waals surface area contributed by atoms with Crippen LogP contribution in [0.3, 0.4) is 0 Å². The first kappa shape index (κ1) is 15.1. The molecule has 0 bridgehead atoms. The molecule has 0 atom stereocenters. The van der Waals surface area contributed by atoms with Crippen LogP contribution in [0.25, 0.3) is 0 Å². The molecule has 2 rings (SSSR count). The SMILES string of the molecule is C=CC1=C(N=C)CCc2c(F)cccc2O1.CNC. The standard InChI is InChI=1S/C13H12FNO.C2H7N/c1-3-12-11(15-2)8-7-9-10(14)5-4-6-13(9)16-12;1-3-2/h3-6H,1-2,7-8H2;3H,1-2H3. The molecule has 0 aliphatic carbocycles. The van der Waals surface area contributed by atoms with E-state index >= 15 is 0 Å². The second kappa shape index (κ2) is 7.48. The van der Waals surface area contributed by atoms with Gasteiger partial charge in [-0.25, -0.2) is 4.39 Å². The summed E-state index contributed by atoms with van der Waals surface area (Å²) < 4.78 is 19.1. The molecule has 3 nitrogen and oxygen atoms in total. The van der Waals surface area contributed by atoms with Crippen molar-refractivity contribution < 1.29 is 9.13 Å². The minimum absolute atomic E-state index is 0.244. The van der Waals surface area contributed by atoms with Crippen molar-refractivity contribution in [1.29, 1.82) is 0 Å². The molecular formula is C15H19FN2O. The van der Waals surface area contributed by atoms with E-state index < -0.39 is 0 Å². The predicted molar refractivity (Wildman–Crippen MR) is 77.1 cm³/mol. The Hall–Kier alpha value is -1.94. The van der Waals surface area contributed by atoms with Gasteiger partial charge in [0, 0.05) is 5.56 Å². The number of ether oxygens (including phenoxy) is 1. The van der Waals surface area contributed by atoms with Crippen molar-refractivity contribution in [3.63, 3.8) is 0 Å². The maximum absolute atomic E-state index is 13.5. The predicted octanol–water partition coefficient (Wildman–Crippen LogP) is 3.08. The molecule has 1 aliphatic heterocycles. The van der Waals surface area contributed by atoms with Gasteiger partial charge in [0.15, 0.2) is 0 Å². The molecule has 0 radical (unpaired) electrons. The van der Waals surface area contributed by atoms with Crippen molar-refractivity contribution in [3.05, 3.63) is 53.7 Å². The summed E-state index contributed by atoms with van der Waals surface area (Å²) >= 11 is 0. The van der Waals surface area contributed by atoms with Crippen LogP contribution in [0.4, 0.5) is 4.39 Å². The van der Waals surface area contributed by atoms with Gasteiger partial charge in [0.25, 0.3) is 0 Å². The molecule has 1 aromatic rings. The monoisotopic (exact) mass is 262 g/mol. The van der Waals surface area contributed by atoms with Gasteiger partial charge in [-0.3, -0.25) is 4.99 Å². The smallest absolute Gasteiger partial charge is 0.148 e. The van der Waals surface area contributed by atoms with Gasteiger partial charge in [-0.15, -0.1) is 0 Å². The summed E-state index contributed by atoms with van der Waals surface area (Å²) in [5.41, 5.74) is 1.30. The maximum atomic E-state index is 13.5. The number of fused-ring (bicyclic) bond motifs is 1. The first-order valence-corrected chi connectivity index (χ1v) is 6.04. The number of hydrogen-bond acceptors (Lipinski definition) is 3.